The lowest BCUT2D eigenvalue weighted by Gasteiger charge is -2.23. The maximum Gasteiger partial charge on any atom is 0.273 e. The number of allylic oxidation sites excluding steroid dienone is 4. The summed E-state index contributed by atoms with van der Waals surface area (Å²) >= 11 is 1.49. The highest BCUT2D eigenvalue weighted by atomic mass is 32.1. The Labute approximate surface area is 247 Å². The second kappa shape index (κ2) is 10.4. The minimum absolute atomic E-state index is 0.0408. The zero-order valence-corrected chi connectivity index (χ0v) is 23.4. The second-order valence-corrected chi connectivity index (χ2v) is 12.4. The summed E-state index contributed by atoms with van der Waals surface area (Å²) in [7, 11) is 0. The number of thiazole rings is 1. The highest BCUT2D eigenvalue weighted by Gasteiger charge is 2.67. The van der Waals surface area contributed by atoms with E-state index in [-0.39, 0.29) is 42.4 Å². The van der Waals surface area contributed by atoms with E-state index in [0.29, 0.717) is 16.8 Å². The van der Waals surface area contributed by atoms with Crippen molar-refractivity contribution in [3.05, 3.63) is 106 Å². The Morgan fingerprint density at radius 3 is 2.60 bits per heavy atom. The predicted molar refractivity (Wildman–Crippen MR) is 151 cm³/mol. The Bertz CT molecular complexity index is 1810. The first-order valence-electron chi connectivity index (χ1n) is 14.0. The van der Waals surface area contributed by atoms with E-state index in [1.165, 1.54) is 23.5 Å². The largest absolute Gasteiger partial charge is 0.300 e. The molecule has 220 valence electrons. The van der Waals surface area contributed by atoms with Gasteiger partial charge in [0.25, 0.3) is 12.3 Å². The van der Waals surface area contributed by atoms with Crippen LogP contribution in [0.3, 0.4) is 0 Å². The van der Waals surface area contributed by atoms with Crippen molar-refractivity contribution in [3.63, 3.8) is 0 Å². The molecule has 2 heterocycles. The summed E-state index contributed by atoms with van der Waals surface area (Å²) in [6, 6.07) is 12.4. The Hall–Kier alpha value is -3.79. The van der Waals surface area contributed by atoms with E-state index in [1.807, 2.05) is 24.3 Å². The summed E-state index contributed by atoms with van der Waals surface area (Å²) in [4.78, 5) is 22.5. The number of carbonyl (C=O) groups is 1. The first-order chi connectivity index (χ1) is 20.6. The quantitative estimate of drug-likeness (QED) is 0.178. The number of hydrogen-bond acceptors (Lipinski definition) is 4. The van der Waals surface area contributed by atoms with Gasteiger partial charge in [0.15, 0.2) is 0 Å². The lowest BCUT2D eigenvalue weighted by Crippen LogP contribution is -2.25. The van der Waals surface area contributed by atoms with Gasteiger partial charge in [-0.2, -0.15) is 0 Å². The summed E-state index contributed by atoms with van der Waals surface area (Å²) in [5.41, 5.74) is 4.11. The van der Waals surface area contributed by atoms with Gasteiger partial charge in [0.2, 0.25) is 0 Å². The molecule has 2 aromatic heterocycles. The van der Waals surface area contributed by atoms with Crippen molar-refractivity contribution in [2.75, 3.05) is 0 Å². The lowest BCUT2D eigenvalue weighted by molar-refractivity contribution is -0.120. The number of aromatic nitrogens is 2. The fraction of sp³-hybridized carbons (Fsp3) is 0.303. The summed E-state index contributed by atoms with van der Waals surface area (Å²) < 4.78 is 87.3. The van der Waals surface area contributed by atoms with Gasteiger partial charge >= 0.3 is 0 Å². The number of hydrogen-bond donors (Lipinski definition) is 0. The molecule has 43 heavy (non-hydrogen) atoms. The minimum Gasteiger partial charge on any atom is -0.300 e. The zero-order valence-electron chi connectivity index (χ0n) is 22.5. The van der Waals surface area contributed by atoms with Gasteiger partial charge in [-0.25, -0.2) is 31.3 Å². The monoisotopic (exact) mass is 610 g/mol. The number of ketones is 1. The molecule has 7 rings (SSSR count). The molecular weight excluding hydrogens is 586 g/mol. The molecule has 10 heteroatoms. The highest BCUT2D eigenvalue weighted by Crippen LogP contribution is 2.68. The molecular formula is C33H24F6N2OS. The van der Waals surface area contributed by atoms with Crippen LogP contribution in [0.15, 0.2) is 83.0 Å². The molecule has 4 aromatic rings. The minimum atomic E-state index is -3.22. The third-order valence-corrected chi connectivity index (χ3v) is 9.58. The standard InChI is InChI=1S/C33H24F6N2OS/c34-20-7-16(8-21(35)13-20)6-19(31-23(2-1-5-40-31)17-3-4-28-27(12-17)41-15-43-28)10-22(42)9-18-11-25(32(36)37)29-24-14-26(24)33(38,39)30(18)29/h1-5,7-8,11-13,15,18-19,24,26,32H,6,9-10,14H2/t18?,19-,24?,26?/m1/s1. The van der Waals surface area contributed by atoms with Gasteiger partial charge in [-0.1, -0.05) is 18.2 Å². The van der Waals surface area contributed by atoms with Crippen molar-refractivity contribution in [2.24, 2.45) is 17.8 Å². The number of rotatable bonds is 9. The maximum atomic E-state index is 15.2. The van der Waals surface area contributed by atoms with Crippen molar-refractivity contribution in [1.82, 2.24) is 9.97 Å². The Balaban J connectivity index is 1.22. The summed E-state index contributed by atoms with van der Waals surface area (Å²) in [6.07, 6.45) is -0.537. The third kappa shape index (κ3) is 4.99. The molecule has 0 aliphatic heterocycles. The molecule has 0 radical (unpaired) electrons. The maximum absolute atomic E-state index is 15.2. The van der Waals surface area contributed by atoms with Gasteiger partial charge in [0.05, 0.1) is 21.4 Å². The summed E-state index contributed by atoms with van der Waals surface area (Å²) in [6.45, 7) is 0. The Morgan fingerprint density at radius 2 is 1.84 bits per heavy atom. The van der Waals surface area contributed by atoms with Crippen LogP contribution in [0.2, 0.25) is 0 Å². The fourth-order valence-electron chi connectivity index (χ4n) is 6.95. The molecule has 3 unspecified atom stereocenters. The van der Waals surface area contributed by atoms with Crippen molar-refractivity contribution >= 4 is 27.3 Å². The van der Waals surface area contributed by atoms with E-state index in [4.69, 9.17) is 0 Å². The smallest absolute Gasteiger partial charge is 0.273 e. The van der Waals surface area contributed by atoms with Crippen LogP contribution < -0.4 is 0 Å². The topological polar surface area (TPSA) is 42.9 Å². The van der Waals surface area contributed by atoms with Crippen molar-refractivity contribution in [3.8, 4) is 11.1 Å². The fourth-order valence-corrected chi connectivity index (χ4v) is 7.60. The van der Waals surface area contributed by atoms with Crippen molar-refractivity contribution in [1.29, 1.82) is 0 Å². The Morgan fingerprint density at radius 1 is 1.05 bits per heavy atom. The molecule has 3 aliphatic rings. The molecule has 0 amide bonds. The number of pyridine rings is 1. The van der Waals surface area contributed by atoms with Gasteiger partial charge < -0.3 is 0 Å². The first-order valence-corrected chi connectivity index (χ1v) is 14.9. The van der Waals surface area contributed by atoms with Crippen LogP contribution in [0, 0.1) is 29.4 Å². The Kier molecular flexibility index (Phi) is 6.80. The molecule has 0 bridgehead atoms. The number of benzene rings is 2. The number of nitrogens with zero attached hydrogens (tertiary/aromatic N) is 2. The molecule has 1 fully saturated rings. The van der Waals surface area contributed by atoms with Crippen LogP contribution in [0.25, 0.3) is 21.3 Å². The summed E-state index contributed by atoms with van der Waals surface area (Å²) in [5.74, 6) is -8.53. The van der Waals surface area contributed by atoms with E-state index >= 15 is 8.78 Å². The predicted octanol–water partition coefficient (Wildman–Crippen LogP) is 8.72. The van der Waals surface area contributed by atoms with Crippen LogP contribution in [-0.4, -0.2) is 28.1 Å². The molecule has 0 spiro atoms. The number of fused-ring (bicyclic) bond motifs is 3. The molecule has 3 nitrogen and oxygen atoms in total. The molecule has 4 atom stereocenters. The van der Waals surface area contributed by atoms with E-state index < -0.39 is 53.4 Å². The van der Waals surface area contributed by atoms with Crippen molar-refractivity contribution < 1.29 is 31.1 Å². The number of carbonyl (C=O) groups excluding carboxylic acids is 1. The van der Waals surface area contributed by atoms with E-state index in [2.05, 4.69) is 9.97 Å². The normalized spacial score (nSPS) is 22.6. The third-order valence-electron chi connectivity index (χ3n) is 8.77. The van der Waals surface area contributed by atoms with Gasteiger partial charge in [0.1, 0.15) is 17.4 Å². The lowest BCUT2D eigenvalue weighted by atomic mass is 9.84. The molecule has 1 saturated carbocycles. The SMILES string of the molecule is O=C(CC1C=C(C(F)F)C2=C1C(F)(F)C1CC21)C[C@@H](Cc1cc(F)cc(F)c1)c1ncccc1-c1ccc2scnc2c1. The average molecular weight is 611 g/mol. The van der Waals surface area contributed by atoms with Gasteiger partial charge in [-0.15, -0.1) is 11.3 Å². The molecule has 0 N–H and O–H groups in total. The van der Waals surface area contributed by atoms with Gasteiger partial charge in [-0.3, -0.25) is 9.78 Å². The van der Waals surface area contributed by atoms with Crippen LogP contribution in [0.4, 0.5) is 26.3 Å². The van der Waals surface area contributed by atoms with Crippen LogP contribution >= 0.6 is 11.3 Å². The van der Waals surface area contributed by atoms with Crippen molar-refractivity contribution in [2.45, 2.75) is 43.9 Å². The van der Waals surface area contributed by atoms with Gasteiger partial charge in [0, 0.05) is 59.6 Å². The highest BCUT2D eigenvalue weighted by molar-refractivity contribution is 7.16. The number of alkyl halides is 4. The average Bonchev–Trinajstić information content (AvgIpc) is 3.36. The van der Waals surface area contributed by atoms with Crippen LogP contribution in [0.5, 0.6) is 0 Å². The first kappa shape index (κ1) is 28.0. The second-order valence-electron chi connectivity index (χ2n) is 11.5. The van der Waals surface area contributed by atoms with Crippen LogP contribution in [0.1, 0.15) is 36.4 Å². The van der Waals surface area contributed by atoms with Crippen LogP contribution in [-0.2, 0) is 11.2 Å². The van der Waals surface area contributed by atoms with Gasteiger partial charge in [-0.05, 0) is 65.8 Å². The van der Waals surface area contributed by atoms with E-state index in [0.717, 1.165) is 27.9 Å². The molecule has 2 aromatic carbocycles. The molecule has 0 saturated heterocycles. The summed E-state index contributed by atoms with van der Waals surface area (Å²) in [5, 5.41) is 0. The van der Waals surface area contributed by atoms with E-state index in [1.54, 1.807) is 17.8 Å². The number of Topliss-reactive ketones (excluding diaryl/α,β-unsaturated/α-hetero) is 1. The number of halogens is 6. The molecule has 3 aliphatic carbocycles. The van der Waals surface area contributed by atoms with E-state index in [9.17, 15) is 22.4 Å². The zero-order chi connectivity index (χ0) is 30.0.